The van der Waals surface area contributed by atoms with Gasteiger partial charge in [0, 0.05) is 11.4 Å². The molecule has 2 aromatic rings. The number of nitrogens with two attached hydrogens (primary N) is 1. The van der Waals surface area contributed by atoms with Gasteiger partial charge in [0.15, 0.2) is 5.82 Å². The summed E-state index contributed by atoms with van der Waals surface area (Å²) in [6, 6.07) is 7.33. The molecular formula is C11H12ClN3O. The summed E-state index contributed by atoms with van der Waals surface area (Å²) < 4.78 is 5.01. The summed E-state index contributed by atoms with van der Waals surface area (Å²) in [6.07, 6.45) is 0.594. The molecule has 1 atom stereocenters. The number of nitrogens with zero attached hydrogens (tertiary/aromatic N) is 2. The van der Waals surface area contributed by atoms with Crippen LogP contribution in [-0.4, -0.2) is 10.1 Å². The van der Waals surface area contributed by atoms with Crippen LogP contribution in [0.2, 0.25) is 5.02 Å². The maximum atomic E-state index is 5.88. The Morgan fingerprint density at radius 3 is 2.94 bits per heavy atom. The van der Waals surface area contributed by atoms with Crippen LogP contribution < -0.4 is 5.73 Å². The van der Waals surface area contributed by atoms with Crippen LogP contribution in [0.1, 0.15) is 30.2 Å². The van der Waals surface area contributed by atoms with Crippen LogP contribution in [0.5, 0.6) is 0 Å². The highest BCUT2D eigenvalue weighted by Crippen LogP contribution is 2.14. The molecule has 0 radical (unpaired) electrons. The molecule has 1 aromatic carbocycles. The van der Waals surface area contributed by atoms with Crippen LogP contribution in [0.3, 0.4) is 0 Å². The topological polar surface area (TPSA) is 64.9 Å². The number of benzene rings is 1. The first kappa shape index (κ1) is 11.1. The van der Waals surface area contributed by atoms with E-state index >= 15 is 0 Å². The monoisotopic (exact) mass is 237 g/mol. The van der Waals surface area contributed by atoms with Crippen LogP contribution in [0, 0.1) is 0 Å². The standard InChI is InChI=1S/C11H12ClN3O/c1-7(13)11-14-10(15-16-11)6-8-3-2-4-9(12)5-8/h2-5,7H,6,13H2,1H3/t7-/m1/s1. The van der Waals surface area contributed by atoms with E-state index < -0.39 is 0 Å². The third-order valence-electron chi connectivity index (χ3n) is 2.12. The van der Waals surface area contributed by atoms with Crippen molar-refractivity contribution in [2.75, 3.05) is 0 Å². The summed E-state index contributed by atoms with van der Waals surface area (Å²) in [7, 11) is 0. The molecule has 4 nitrogen and oxygen atoms in total. The minimum absolute atomic E-state index is 0.236. The Bertz CT molecular complexity index is 482. The average Bonchev–Trinajstić information content (AvgIpc) is 2.66. The first-order valence-electron chi connectivity index (χ1n) is 4.97. The molecule has 0 aliphatic rings. The zero-order valence-electron chi connectivity index (χ0n) is 8.85. The molecule has 1 aromatic heterocycles. The van der Waals surface area contributed by atoms with E-state index in [-0.39, 0.29) is 6.04 Å². The van der Waals surface area contributed by atoms with Crippen LogP contribution in [-0.2, 0) is 6.42 Å². The van der Waals surface area contributed by atoms with Crippen molar-refractivity contribution in [1.82, 2.24) is 10.1 Å². The number of rotatable bonds is 3. The van der Waals surface area contributed by atoms with E-state index in [9.17, 15) is 0 Å². The molecule has 5 heteroatoms. The van der Waals surface area contributed by atoms with Crippen molar-refractivity contribution >= 4 is 11.6 Å². The second-order valence-corrected chi connectivity index (χ2v) is 4.08. The lowest BCUT2D eigenvalue weighted by molar-refractivity contribution is 0.358. The normalized spacial score (nSPS) is 12.7. The van der Waals surface area contributed by atoms with Gasteiger partial charge < -0.3 is 10.3 Å². The van der Waals surface area contributed by atoms with Gasteiger partial charge in [0.1, 0.15) is 0 Å². The highest BCUT2D eigenvalue weighted by molar-refractivity contribution is 6.30. The van der Waals surface area contributed by atoms with Gasteiger partial charge in [0.25, 0.3) is 0 Å². The molecule has 0 fully saturated rings. The van der Waals surface area contributed by atoms with Crippen molar-refractivity contribution in [3.63, 3.8) is 0 Å². The molecule has 16 heavy (non-hydrogen) atoms. The molecule has 2 N–H and O–H groups in total. The highest BCUT2D eigenvalue weighted by atomic mass is 35.5. The Morgan fingerprint density at radius 1 is 1.50 bits per heavy atom. The molecule has 0 aliphatic carbocycles. The molecule has 0 spiro atoms. The molecule has 2 rings (SSSR count). The van der Waals surface area contributed by atoms with Crippen molar-refractivity contribution in [2.24, 2.45) is 5.73 Å². The zero-order chi connectivity index (χ0) is 11.5. The molecular weight excluding hydrogens is 226 g/mol. The summed E-state index contributed by atoms with van der Waals surface area (Å²) >= 11 is 5.88. The zero-order valence-corrected chi connectivity index (χ0v) is 9.61. The molecule has 0 saturated carbocycles. The largest absolute Gasteiger partial charge is 0.338 e. The maximum absolute atomic E-state index is 5.88. The van der Waals surface area contributed by atoms with Crippen molar-refractivity contribution in [3.05, 3.63) is 46.6 Å². The predicted octanol–water partition coefficient (Wildman–Crippen LogP) is 2.33. The molecule has 0 bridgehead atoms. The van der Waals surface area contributed by atoms with Gasteiger partial charge in [-0.3, -0.25) is 0 Å². The molecule has 0 aliphatic heterocycles. The van der Waals surface area contributed by atoms with Crippen LogP contribution in [0.25, 0.3) is 0 Å². The highest BCUT2D eigenvalue weighted by Gasteiger charge is 2.10. The minimum atomic E-state index is -0.236. The molecule has 0 amide bonds. The van der Waals surface area contributed by atoms with E-state index in [2.05, 4.69) is 10.1 Å². The maximum Gasteiger partial charge on any atom is 0.243 e. The summed E-state index contributed by atoms with van der Waals surface area (Å²) in [5.41, 5.74) is 6.67. The number of hydrogen-bond acceptors (Lipinski definition) is 4. The lowest BCUT2D eigenvalue weighted by Crippen LogP contribution is -2.05. The Kier molecular flexibility index (Phi) is 3.22. The van der Waals surface area contributed by atoms with E-state index in [1.807, 2.05) is 24.3 Å². The van der Waals surface area contributed by atoms with Crippen molar-refractivity contribution in [1.29, 1.82) is 0 Å². The predicted molar refractivity (Wildman–Crippen MR) is 61.2 cm³/mol. The van der Waals surface area contributed by atoms with Gasteiger partial charge >= 0.3 is 0 Å². The van der Waals surface area contributed by atoms with Gasteiger partial charge in [0.05, 0.1) is 6.04 Å². The first-order valence-corrected chi connectivity index (χ1v) is 5.35. The smallest absolute Gasteiger partial charge is 0.243 e. The Morgan fingerprint density at radius 2 is 2.31 bits per heavy atom. The van der Waals surface area contributed by atoms with E-state index in [0.29, 0.717) is 23.2 Å². The lowest BCUT2D eigenvalue weighted by atomic mass is 10.1. The number of halogens is 1. The van der Waals surface area contributed by atoms with Gasteiger partial charge in [-0.2, -0.15) is 4.98 Å². The third-order valence-corrected chi connectivity index (χ3v) is 2.36. The molecule has 0 saturated heterocycles. The van der Waals surface area contributed by atoms with Crippen molar-refractivity contribution < 1.29 is 4.52 Å². The van der Waals surface area contributed by atoms with E-state index in [4.69, 9.17) is 21.9 Å². The quantitative estimate of drug-likeness (QED) is 0.890. The van der Waals surface area contributed by atoms with E-state index in [0.717, 1.165) is 5.56 Å². The summed E-state index contributed by atoms with van der Waals surface area (Å²) in [5, 5.41) is 4.56. The molecule has 84 valence electrons. The second-order valence-electron chi connectivity index (χ2n) is 3.64. The summed E-state index contributed by atoms with van der Waals surface area (Å²) in [4.78, 5) is 4.19. The van der Waals surface area contributed by atoms with Gasteiger partial charge in [-0.25, -0.2) is 0 Å². The van der Waals surface area contributed by atoms with Gasteiger partial charge in [-0.05, 0) is 24.6 Å². The minimum Gasteiger partial charge on any atom is -0.338 e. The SMILES string of the molecule is C[C@@H](N)c1nc(Cc2cccc(Cl)c2)no1. The van der Waals surface area contributed by atoms with E-state index in [1.165, 1.54) is 0 Å². The molecule has 1 heterocycles. The van der Waals surface area contributed by atoms with Gasteiger partial charge in [-0.1, -0.05) is 28.9 Å². The number of aromatic nitrogens is 2. The average molecular weight is 238 g/mol. The van der Waals surface area contributed by atoms with Crippen molar-refractivity contribution in [2.45, 2.75) is 19.4 Å². The molecule has 0 unspecified atom stereocenters. The van der Waals surface area contributed by atoms with Crippen LogP contribution in [0.4, 0.5) is 0 Å². The fourth-order valence-corrected chi connectivity index (χ4v) is 1.57. The summed E-state index contributed by atoms with van der Waals surface area (Å²) in [6.45, 7) is 1.80. The van der Waals surface area contributed by atoms with E-state index in [1.54, 1.807) is 6.92 Å². The third kappa shape index (κ3) is 2.59. The van der Waals surface area contributed by atoms with Gasteiger partial charge in [0.2, 0.25) is 5.89 Å². The Labute approximate surface area is 98.4 Å². The van der Waals surface area contributed by atoms with Crippen molar-refractivity contribution in [3.8, 4) is 0 Å². The Hall–Kier alpha value is -1.39. The van der Waals surface area contributed by atoms with Gasteiger partial charge in [-0.15, -0.1) is 0 Å². The van der Waals surface area contributed by atoms with Crippen LogP contribution in [0.15, 0.2) is 28.8 Å². The Balaban J connectivity index is 2.14. The fourth-order valence-electron chi connectivity index (χ4n) is 1.35. The van der Waals surface area contributed by atoms with Crippen LogP contribution >= 0.6 is 11.6 Å². The number of hydrogen-bond donors (Lipinski definition) is 1. The second kappa shape index (κ2) is 4.63. The first-order chi connectivity index (χ1) is 7.65. The lowest BCUT2D eigenvalue weighted by Gasteiger charge is -1.97. The summed E-state index contributed by atoms with van der Waals surface area (Å²) in [5.74, 6) is 1.08. The fraction of sp³-hybridized carbons (Fsp3) is 0.273.